The molecule has 1 amide bonds. The Bertz CT molecular complexity index is 989. The van der Waals surface area contributed by atoms with Gasteiger partial charge in [-0.25, -0.2) is 14.8 Å². The van der Waals surface area contributed by atoms with Crippen molar-refractivity contribution in [2.45, 2.75) is 13.1 Å². The Balaban J connectivity index is 1.90. The summed E-state index contributed by atoms with van der Waals surface area (Å²) < 4.78 is 11.6. The average Bonchev–Trinajstić information content (AvgIpc) is 3.17. The highest BCUT2D eigenvalue weighted by Gasteiger charge is 2.18. The second-order valence-electron chi connectivity index (χ2n) is 5.69. The SMILES string of the molecule is COC(=O)c1cc2cc(Cl)cc(CNC(=O)Cn3ccnc3)c2nc1OC. The third kappa shape index (κ3) is 4.17. The number of carbonyl (C=O) groups excluding carboxylic acids is 2. The predicted octanol–water partition coefficient (Wildman–Crippen LogP) is 2.20. The number of pyridine rings is 1. The number of hydrogen-bond acceptors (Lipinski definition) is 6. The van der Waals surface area contributed by atoms with Gasteiger partial charge in [0.25, 0.3) is 0 Å². The molecular formula is C18H17ClN4O4. The van der Waals surface area contributed by atoms with Crippen molar-refractivity contribution < 1.29 is 19.1 Å². The Morgan fingerprint density at radius 1 is 1.26 bits per heavy atom. The molecule has 0 aliphatic heterocycles. The first-order chi connectivity index (χ1) is 13.0. The average molecular weight is 389 g/mol. The number of nitrogens with zero attached hydrogens (tertiary/aromatic N) is 3. The van der Waals surface area contributed by atoms with Gasteiger partial charge in [0.2, 0.25) is 11.8 Å². The molecule has 140 valence electrons. The number of hydrogen-bond donors (Lipinski definition) is 1. The molecule has 2 aromatic heterocycles. The zero-order chi connectivity index (χ0) is 19.4. The number of methoxy groups -OCH3 is 2. The number of nitrogens with one attached hydrogen (secondary N) is 1. The Morgan fingerprint density at radius 2 is 2.07 bits per heavy atom. The minimum atomic E-state index is -0.559. The molecule has 3 aromatic rings. The summed E-state index contributed by atoms with van der Waals surface area (Å²) in [6.07, 6.45) is 4.87. The number of amides is 1. The van der Waals surface area contributed by atoms with E-state index in [1.54, 1.807) is 41.5 Å². The summed E-state index contributed by atoms with van der Waals surface area (Å²) in [5, 5.41) is 3.93. The topological polar surface area (TPSA) is 95.3 Å². The third-order valence-electron chi connectivity index (χ3n) is 3.89. The van der Waals surface area contributed by atoms with Crippen LogP contribution in [0.5, 0.6) is 5.88 Å². The van der Waals surface area contributed by atoms with E-state index in [1.165, 1.54) is 14.2 Å². The fraction of sp³-hybridized carbons (Fsp3) is 0.222. The van der Waals surface area contributed by atoms with Gasteiger partial charge in [-0.3, -0.25) is 4.79 Å². The van der Waals surface area contributed by atoms with Gasteiger partial charge in [0, 0.05) is 29.3 Å². The first-order valence-electron chi connectivity index (χ1n) is 7.99. The molecule has 0 radical (unpaired) electrons. The normalized spacial score (nSPS) is 10.6. The van der Waals surface area contributed by atoms with E-state index in [1.807, 2.05) is 0 Å². The van der Waals surface area contributed by atoms with Crippen molar-refractivity contribution in [2.24, 2.45) is 0 Å². The van der Waals surface area contributed by atoms with Gasteiger partial charge in [0.05, 0.1) is 26.1 Å². The molecule has 0 aliphatic rings. The van der Waals surface area contributed by atoms with Gasteiger partial charge in [-0.15, -0.1) is 0 Å². The van der Waals surface area contributed by atoms with Gasteiger partial charge < -0.3 is 19.4 Å². The molecule has 0 fully saturated rings. The van der Waals surface area contributed by atoms with Crippen LogP contribution in [0.15, 0.2) is 36.9 Å². The van der Waals surface area contributed by atoms with Crippen molar-refractivity contribution in [2.75, 3.05) is 14.2 Å². The smallest absolute Gasteiger partial charge is 0.343 e. The van der Waals surface area contributed by atoms with Crippen LogP contribution in [-0.4, -0.2) is 40.6 Å². The first kappa shape index (κ1) is 18.7. The number of aromatic nitrogens is 3. The van der Waals surface area contributed by atoms with Crippen LogP contribution in [0.25, 0.3) is 10.9 Å². The molecule has 1 aromatic carbocycles. The van der Waals surface area contributed by atoms with Gasteiger partial charge in [0.15, 0.2) is 0 Å². The lowest BCUT2D eigenvalue weighted by molar-refractivity contribution is -0.121. The van der Waals surface area contributed by atoms with E-state index in [0.29, 0.717) is 21.5 Å². The van der Waals surface area contributed by atoms with E-state index in [2.05, 4.69) is 15.3 Å². The van der Waals surface area contributed by atoms with Crippen molar-refractivity contribution in [3.8, 4) is 5.88 Å². The van der Waals surface area contributed by atoms with Crippen molar-refractivity contribution in [1.29, 1.82) is 0 Å². The van der Waals surface area contributed by atoms with E-state index in [-0.39, 0.29) is 30.4 Å². The molecule has 0 saturated heterocycles. The summed E-state index contributed by atoms with van der Waals surface area (Å²) in [5.74, 6) is -0.599. The molecule has 0 spiro atoms. The molecule has 27 heavy (non-hydrogen) atoms. The maximum Gasteiger partial charge on any atom is 0.343 e. The Kier molecular flexibility index (Phi) is 5.56. The summed E-state index contributed by atoms with van der Waals surface area (Å²) >= 11 is 6.19. The van der Waals surface area contributed by atoms with Crippen LogP contribution in [-0.2, 0) is 22.6 Å². The van der Waals surface area contributed by atoms with Crippen molar-refractivity contribution >= 4 is 34.4 Å². The molecule has 0 bridgehead atoms. The van der Waals surface area contributed by atoms with Gasteiger partial charge in [0.1, 0.15) is 12.1 Å². The fourth-order valence-corrected chi connectivity index (χ4v) is 2.90. The van der Waals surface area contributed by atoms with Crippen LogP contribution in [0.4, 0.5) is 0 Å². The number of rotatable bonds is 6. The van der Waals surface area contributed by atoms with Gasteiger partial charge in [-0.2, -0.15) is 0 Å². The van der Waals surface area contributed by atoms with E-state index in [0.717, 1.165) is 0 Å². The highest BCUT2D eigenvalue weighted by Crippen LogP contribution is 2.28. The third-order valence-corrected chi connectivity index (χ3v) is 4.10. The van der Waals surface area contributed by atoms with Gasteiger partial charge in [-0.05, 0) is 23.8 Å². The van der Waals surface area contributed by atoms with Crippen molar-refractivity contribution in [3.05, 3.63) is 53.1 Å². The highest BCUT2D eigenvalue weighted by atomic mass is 35.5. The highest BCUT2D eigenvalue weighted by molar-refractivity contribution is 6.31. The number of carbonyl (C=O) groups is 2. The number of benzene rings is 1. The van der Waals surface area contributed by atoms with Crippen LogP contribution in [0.3, 0.4) is 0 Å². The van der Waals surface area contributed by atoms with Crippen LogP contribution in [0.2, 0.25) is 5.02 Å². The van der Waals surface area contributed by atoms with E-state index < -0.39 is 5.97 Å². The zero-order valence-electron chi connectivity index (χ0n) is 14.7. The lowest BCUT2D eigenvalue weighted by atomic mass is 10.1. The van der Waals surface area contributed by atoms with E-state index >= 15 is 0 Å². The first-order valence-corrected chi connectivity index (χ1v) is 8.37. The fourth-order valence-electron chi connectivity index (χ4n) is 2.65. The maximum absolute atomic E-state index is 12.1. The Morgan fingerprint density at radius 3 is 2.74 bits per heavy atom. The summed E-state index contributed by atoms with van der Waals surface area (Å²) in [6.45, 7) is 0.375. The Labute approximate surface area is 160 Å². The molecule has 0 saturated carbocycles. The number of imidazole rings is 1. The molecule has 2 heterocycles. The second kappa shape index (κ2) is 8.05. The lowest BCUT2D eigenvalue weighted by Crippen LogP contribution is -2.26. The predicted molar refractivity (Wildman–Crippen MR) is 98.7 cm³/mol. The van der Waals surface area contributed by atoms with Crippen LogP contribution >= 0.6 is 11.6 Å². The summed E-state index contributed by atoms with van der Waals surface area (Å²) in [7, 11) is 2.70. The molecule has 8 nitrogen and oxygen atoms in total. The lowest BCUT2D eigenvalue weighted by Gasteiger charge is -2.12. The quantitative estimate of drug-likeness (QED) is 0.650. The summed E-state index contributed by atoms with van der Waals surface area (Å²) in [4.78, 5) is 32.4. The van der Waals surface area contributed by atoms with Crippen LogP contribution in [0.1, 0.15) is 15.9 Å². The van der Waals surface area contributed by atoms with Gasteiger partial charge in [-0.1, -0.05) is 11.6 Å². The number of halogens is 1. The maximum atomic E-state index is 12.1. The molecule has 0 unspecified atom stereocenters. The minimum absolute atomic E-state index is 0.141. The second-order valence-corrected chi connectivity index (χ2v) is 6.12. The van der Waals surface area contributed by atoms with E-state index in [9.17, 15) is 9.59 Å². The molecule has 1 N–H and O–H groups in total. The summed E-state index contributed by atoms with van der Waals surface area (Å²) in [6, 6.07) is 5.01. The van der Waals surface area contributed by atoms with Crippen molar-refractivity contribution in [3.63, 3.8) is 0 Å². The monoisotopic (exact) mass is 388 g/mol. The number of fused-ring (bicyclic) bond motifs is 1. The molecule has 9 heteroatoms. The molecule has 3 rings (SSSR count). The molecule has 0 aliphatic carbocycles. The van der Waals surface area contributed by atoms with Crippen molar-refractivity contribution in [1.82, 2.24) is 19.9 Å². The number of ether oxygens (including phenoxy) is 2. The summed E-state index contributed by atoms with van der Waals surface area (Å²) in [5.41, 5.74) is 1.47. The van der Waals surface area contributed by atoms with Gasteiger partial charge >= 0.3 is 5.97 Å². The molecular weight excluding hydrogens is 372 g/mol. The Hall–Kier alpha value is -3.13. The van der Waals surface area contributed by atoms with Crippen LogP contribution in [0, 0.1) is 0 Å². The molecule has 0 atom stereocenters. The standard InChI is InChI=1S/C18H17ClN4O4/c1-26-17-14(18(25)27-2)7-11-5-13(19)6-12(16(11)22-17)8-21-15(24)9-23-4-3-20-10-23/h3-7,10H,8-9H2,1-2H3,(H,21,24). The number of esters is 1. The van der Waals surface area contributed by atoms with E-state index in [4.69, 9.17) is 21.1 Å². The van der Waals surface area contributed by atoms with Crippen LogP contribution < -0.4 is 10.1 Å². The zero-order valence-corrected chi connectivity index (χ0v) is 15.5. The minimum Gasteiger partial charge on any atom is -0.480 e. The largest absolute Gasteiger partial charge is 0.480 e.